The Balaban J connectivity index is 2.23. The first-order chi connectivity index (χ1) is 5.90. The lowest BCUT2D eigenvalue weighted by atomic mass is 10.2. The Bertz CT molecular complexity index is 275. The molecule has 0 bridgehead atoms. The lowest BCUT2D eigenvalue weighted by Crippen LogP contribution is -2.31. The predicted molar refractivity (Wildman–Crippen MR) is 46.4 cm³/mol. The summed E-state index contributed by atoms with van der Waals surface area (Å²) in [5, 5.41) is 3.21. The van der Waals surface area contributed by atoms with Gasteiger partial charge in [-0.15, -0.1) is 0 Å². The summed E-state index contributed by atoms with van der Waals surface area (Å²) in [7, 11) is 1.64. The molecular formula is C9H11NO2. The van der Waals surface area contributed by atoms with Crippen molar-refractivity contribution in [1.29, 1.82) is 0 Å². The summed E-state index contributed by atoms with van der Waals surface area (Å²) in [5.74, 6) is 0.857. The smallest absolute Gasteiger partial charge is 0.217 e. The average molecular weight is 165 g/mol. The summed E-state index contributed by atoms with van der Waals surface area (Å²) < 4.78 is 10.6. The molecule has 1 heterocycles. The zero-order chi connectivity index (χ0) is 8.39. The van der Waals surface area contributed by atoms with Crippen LogP contribution in [0.4, 0.5) is 5.69 Å². The van der Waals surface area contributed by atoms with E-state index in [4.69, 9.17) is 9.47 Å². The fraction of sp³-hybridized carbons (Fsp3) is 0.333. The van der Waals surface area contributed by atoms with Crippen LogP contribution in [0.1, 0.15) is 0 Å². The topological polar surface area (TPSA) is 30.5 Å². The number of hydrogen-bond donors (Lipinski definition) is 1. The summed E-state index contributed by atoms with van der Waals surface area (Å²) in [6.07, 6.45) is -0.167. The summed E-state index contributed by atoms with van der Waals surface area (Å²) in [4.78, 5) is 0. The summed E-state index contributed by atoms with van der Waals surface area (Å²) in [6.45, 7) is 0.702. The van der Waals surface area contributed by atoms with E-state index in [2.05, 4.69) is 5.32 Å². The van der Waals surface area contributed by atoms with Gasteiger partial charge < -0.3 is 14.8 Å². The van der Waals surface area contributed by atoms with Crippen molar-refractivity contribution >= 4 is 5.69 Å². The van der Waals surface area contributed by atoms with E-state index in [0.29, 0.717) is 6.54 Å². The van der Waals surface area contributed by atoms with E-state index >= 15 is 0 Å². The second-order valence-electron chi connectivity index (χ2n) is 2.66. The van der Waals surface area contributed by atoms with Gasteiger partial charge in [0.05, 0.1) is 12.2 Å². The molecule has 0 aliphatic carbocycles. The molecule has 0 aromatic heterocycles. The zero-order valence-electron chi connectivity index (χ0n) is 6.91. The molecule has 1 aliphatic heterocycles. The lowest BCUT2D eigenvalue weighted by molar-refractivity contribution is -0.0463. The van der Waals surface area contributed by atoms with Crippen LogP contribution in [0.3, 0.4) is 0 Å². The molecule has 64 valence electrons. The molecule has 1 atom stereocenters. The minimum Gasteiger partial charge on any atom is -0.461 e. The number of nitrogens with one attached hydrogen (secondary N) is 1. The van der Waals surface area contributed by atoms with Crippen LogP contribution in [0.5, 0.6) is 5.75 Å². The van der Waals surface area contributed by atoms with Gasteiger partial charge in [0.15, 0.2) is 0 Å². The predicted octanol–water partition coefficient (Wildman–Crippen LogP) is 1.46. The molecule has 1 aromatic carbocycles. The van der Waals surface area contributed by atoms with E-state index in [1.165, 1.54) is 0 Å². The van der Waals surface area contributed by atoms with E-state index in [0.717, 1.165) is 11.4 Å². The van der Waals surface area contributed by atoms with Gasteiger partial charge in [-0.1, -0.05) is 12.1 Å². The van der Waals surface area contributed by atoms with Crippen molar-refractivity contribution in [2.45, 2.75) is 6.29 Å². The number of para-hydroxylation sites is 2. The number of benzene rings is 1. The molecule has 3 heteroatoms. The van der Waals surface area contributed by atoms with Gasteiger partial charge in [-0.05, 0) is 12.1 Å². The number of anilines is 1. The third-order valence-corrected chi connectivity index (χ3v) is 1.87. The number of hydrogen-bond acceptors (Lipinski definition) is 3. The van der Waals surface area contributed by atoms with Crippen LogP contribution in [-0.2, 0) is 4.74 Å². The standard InChI is InChI=1S/C9H11NO2/c1-11-9-6-10-7-4-2-3-5-8(7)12-9/h2-5,9-10H,6H2,1H3. The lowest BCUT2D eigenvalue weighted by Gasteiger charge is -2.25. The second kappa shape index (κ2) is 3.03. The van der Waals surface area contributed by atoms with Gasteiger partial charge in [0.2, 0.25) is 6.29 Å². The quantitative estimate of drug-likeness (QED) is 0.683. The van der Waals surface area contributed by atoms with Crippen LogP contribution in [-0.4, -0.2) is 19.9 Å². The van der Waals surface area contributed by atoms with Gasteiger partial charge in [0.25, 0.3) is 0 Å². The van der Waals surface area contributed by atoms with Crippen LogP contribution in [0.15, 0.2) is 24.3 Å². The van der Waals surface area contributed by atoms with Crippen molar-refractivity contribution in [3.8, 4) is 5.75 Å². The Kier molecular flexibility index (Phi) is 1.87. The molecule has 1 aromatic rings. The number of fused-ring (bicyclic) bond motifs is 1. The number of rotatable bonds is 1. The molecular weight excluding hydrogens is 154 g/mol. The Morgan fingerprint density at radius 2 is 2.33 bits per heavy atom. The van der Waals surface area contributed by atoms with Crippen molar-refractivity contribution in [3.63, 3.8) is 0 Å². The van der Waals surface area contributed by atoms with E-state index in [1.54, 1.807) is 7.11 Å². The number of ether oxygens (including phenoxy) is 2. The summed E-state index contributed by atoms with van der Waals surface area (Å²) >= 11 is 0. The van der Waals surface area contributed by atoms with Crippen LogP contribution >= 0.6 is 0 Å². The largest absolute Gasteiger partial charge is 0.461 e. The molecule has 0 radical (unpaired) electrons. The molecule has 0 saturated heterocycles. The highest BCUT2D eigenvalue weighted by atomic mass is 16.7. The van der Waals surface area contributed by atoms with Crippen molar-refractivity contribution in [2.75, 3.05) is 19.0 Å². The third kappa shape index (κ3) is 1.23. The molecule has 2 rings (SSSR count). The molecule has 3 nitrogen and oxygen atoms in total. The monoisotopic (exact) mass is 165 g/mol. The normalized spacial score (nSPS) is 20.6. The van der Waals surface area contributed by atoms with Gasteiger partial charge in [-0.25, -0.2) is 0 Å². The molecule has 0 amide bonds. The summed E-state index contributed by atoms with van der Waals surface area (Å²) in [6, 6.07) is 7.83. The minimum absolute atomic E-state index is 0.167. The first kappa shape index (κ1) is 7.43. The fourth-order valence-electron chi connectivity index (χ4n) is 1.22. The molecule has 1 aliphatic rings. The van der Waals surface area contributed by atoms with Crippen molar-refractivity contribution in [3.05, 3.63) is 24.3 Å². The Morgan fingerprint density at radius 3 is 3.17 bits per heavy atom. The van der Waals surface area contributed by atoms with Crippen molar-refractivity contribution in [2.24, 2.45) is 0 Å². The maximum Gasteiger partial charge on any atom is 0.217 e. The van der Waals surface area contributed by atoms with Gasteiger partial charge in [-0.3, -0.25) is 0 Å². The fourth-order valence-corrected chi connectivity index (χ4v) is 1.22. The first-order valence-electron chi connectivity index (χ1n) is 3.92. The Hall–Kier alpha value is -1.22. The van der Waals surface area contributed by atoms with Gasteiger partial charge >= 0.3 is 0 Å². The first-order valence-corrected chi connectivity index (χ1v) is 3.92. The molecule has 12 heavy (non-hydrogen) atoms. The van der Waals surface area contributed by atoms with Gasteiger partial charge in [-0.2, -0.15) is 0 Å². The third-order valence-electron chi connectivity index (χ3n) is 1.87. The van der Waals surface area contributed by atoms with E-state index in [-0.39, 0.29) is 6.29 Å². The molecule has 0 saturated carbocycles. The summed E-state index contributed by atoms with van der Waals surface area (Å²) in [5.41, 5.74) is 1.03. The molecule has 0 fully saturated rings. The zero-order valence-corrected chi connectivity index (χ0v) is 6.91. The average Bonchev–Trinajstić information content (AvgIpc) is 2.17. The van der Waals surface area contributed by atoms with Gasteiger partial charge in [0.1, 0.15) is 5.75 Å². The minimum atomic E-state index is -0.167. The van der Waals surface area contributed by atoms with E-state index < -0.39 is 0 Å². The van der Waals surface area contributed by atoms with Crippen molar-refractivity contribution < 1.29 is 9.47 Å². The van der Waals surface area contributed by atoms with Crippen molar-refractivity contribution in [1.82, 2.24) is 0 Å². The Labute approximate surface area is 71.3 Å². The van der Waals surface area contributed by atoms with E-state index in [9.17, 15) is 0 Å². The number of methoxy groups -OCH3 is 1. The van der Waals surface area contributed by atoms with Crippen LogP contribution in [0, 0.1) is 0 Å². The molecule has 1 N–H and O–H groups in total. The van der Waals surface area contributed by atoms with Crippen LogP contribution in [0.25, 0.3) is 0 Å². The maximum atomic E-state index is 5.50. The second-order valence-corrected chi connectivity index (χ2v) is 2.66. The maximum absolute atomic E-state index is 5.50. The highest BCUT2D eigenvalue weighted by molar-refractivity contribution is 5.57. The van der Waals surface area contributed by atoms with Gasteiger partial charge in [0, 0.05) is 7.11 Å². The van der Waals surface area contributed by atoms with E-state index in [1.807, 2.05) is 24.3 Å². The highest BCUT2D eigenvalue weighted by Gasteiger charge is 2.16. The molecule has 0 spiro atoms. The SMILES string of the molecule is COC1CNc2ccccc2O1. The highest BCUT2D eigenvalue weighted by Crippen LogP contribution is 2.27. The van der Waals surface area contributed by atoms with Crippen LogP contribution < -0.4 is 10.1 Å². The Morgan fingerprint density at radius 1 is 1.50 bits per heavy atom. The molecule has 1 unspecified atom stereocenters. The van der Waals surface area contributed by atoms with Crippen LogP contribution in [0.2, 0.25) is 0 Å².